The average Bonchev–Trinajstić information content (AvgIpc) is 3.15. The minimum atomic E-state index is -3.34. The second kappa shape index (κ2) is 5.80. The van der Waals surface area contributed by atoms with E-state index in [4.69, 9.17) is 0 Å². The molecule has 0 saturated carbocycles. The number of hydrogen-bond acceptors (Lipinski definition) is 5. The second-order valence-corrected chi connectivity index (χ2v) is 7.86. The Balaban J connectivity index is 1.84. The van der Waals surface area contributed by atoms with Crippen LogP contribution in [0.2, 0.25) is 0 Å². The third-order valence-electron chi connectivity index (χ3n) is 4.16. The van der Waals surface area contributed by atoms with Crippen LogP contribution < -0.4 is 0 Å². The first kappa shape index (κ1) is 15.7. The number of likely N-dealkylation sites (tertiary alicyclic amines) is 1. The third-order valence-corrected chi connectivity index (χ3v) is 5.29. The first-order valence-electron chi connectivity index (χ1n) is 7.38. The van der Waals surface area contributed by atoms with Gasteiger partial charge in [-0.25, -0.2) is 13.4 Å². The first-order chi connectivity index (χ1) is 10.9. The largest absolute Gasteiger partial charge is 0.335 e. The molecular weight excluding hydrogens is 318 g/mol. The second-order valence-electron chi connectivity index (χ2n) is 5.87. The molecule has 0 bridgehead atoms. The van der Waals surface area contributed by atoms with Gasteiger partial charge in [-0.05, 0) is 12.8 Å². The van der Waals surface area contributed by atoms with Gasteiger partial charge in [0, 0.05) is 44.7 Å². The molecule has 0 spiro atoms. The molecule has 124 valence electrons. The van der Waals surface area contributed by atoms with E-state index in [1.54, 1.807) is 28.9 Å². The zero-order chi connectivity index (χ0) is 16.6. The van der Waals surface area contributed by atoms with Gasteiger partial charge in [0.05, 0.1) is 11.9 Å². The van der Waals surface area contributed by atoms with Crippen LogP contribution in [0.5, 0.6) is 0 Å². The molecule has 9 heteroatoms. The van der Waals surface area contributed by atoms with Crippen LogP contribution in [0, 0.1) is 0 Å². The van der Waals surface area contributed by atoms with Crippen molar-refractivity contribution in [3.63, 3.8) is 0 Å². The molecule has 1 aliphatic heterocycles. The molecule has 1 aliphatic rings. The van der Waals surface area contributed by atoms with Crippen LogP contribution in [-0.4, -0.2) is 58.3 Å². The maximum Gasteiger partial charge on any atom is 0.289 e. The Hall–Kier alpha value is -2.16. The summed E-state index contributed by atoms with van der Waals surface area (Å²) in [5, 5.41) is 6.67. The SMILES string of the molecule is Cn1ccnc1C(=O)N1CCCC(c2[nH]ncc2S(C)(=O)=O)C1. The predicted molar refractivity (Wildman–Crippen MR) is 82.8 cm³/mol. The Labute approximate surface area is 134 Å². The van der Waals surface area contributed by atoms with Gasteiger partial charge >= 0.3 is 0 Å². The summed E-state index contributed by atoms with van der Waals surface area (Å²) in [6.45, 7) is 1.10. The normalized spacial score (nSPS) is 19.0. The number of aromatic amines is 1. The highest BCUT2D eigenvalue weighted by Gasteiger charge is 2.31. The number of piperidine rings is 1. The summed E-state index contributed by atoms with van der Waals surface area (Å²) in [4.78, 5) is 18.6. The van der Waals surface area contributed by atoms with Crippen molar-refractivity contribution in [2.75, 3.05) is 19.3 Å². The lowest BCUT2D eigenvalue weighted by molar-refractivity contribution is 0.0689. The number of H-pyrrole nitrogens is 1. The maximum atomic E-state index is 12.6. The van der Waals surface area contributed by atoms with Crippen LogP contribution in [0.25, 0.3) is 0 Å². The van der Waals surface area contributed by atoms with Crippen LogP contribution >= 0.6 is 0 Å². The Morgan fingerprint density at radius 2 is 2.22 bits per heavy atom. The van der Waals surface area contributed by atoms with Crippen LogP contribution in [0.4, 0.5) is 0 Å². The lowest BCUT2D eigenvalue weighted by atomic mass is 9.95. The van der Waals surface area contributed by atoms with Crippen molar-refractivity contribution in [2.24, 2.45) is 7.05 Å². The van der Waals surface area contributed by atoms with E-state index in [2.05, 4.69) is 15.2 Å². The van der Waals surface area contributed by atoms with Gasteiger partial charge in [-0.3, -0.25) is 9.89 Å². The number of nitrogens with one attached hydrogen (secondary N) is 1. The van der Waals surface area contributed by atoms with Crippen molar-refractivity contribution in [1.82, 2.24) is 24.6 Å². The Morgan fingerprint density at radius 1 is 1.43 bits per heavy atom. The van der Waals surface area contributed by atoms with E-state index in [1.165, 1.54) is 12.5 Å². The number of rotatable bonds is 3. The van der Waals surface area contributed by atoms with Gasteiger partial charge in [-0.1, -0.05) is 0 Å². The quantitative estimate of drug-likeness (QED) is 0.882. The first-order valence-corrected chi connectivity index (χ1v) is 9.27. The molecule has 1 amide bonds. The molecule has 2 aromatic heterocycles. The third kappa shape index (κ3) is 3.00. The summed E-state index contributed by atoms with van der Waals surface area (Å²) in [7, 11) is -1.56. The monoisotopic (exact) mass is 337 g/mol. The van der Waals surface area contributed by atoms with Gasteiger partial charge < -0.3 is 9.47 Å². The highest BCUT2D eigenvalue weighted by Crippen LogP contribution is 2.30. The van der Waals surface area contributed by atoms with Crippen molar-refractivity contribution in [3.8, 4) is 0 Å². The summed E-state index contributed by atoms with van der Waals surface area (Å²) in [6.07, 6.45) is 7.44. The molecule has 1 saturated heterocycles. The van der Waals surface area contributed by atoms with Crippen molar-refractivity contribution in [3.05, 3.63) is 30.1 Å². The van der Waals surface area contributed by atoms with Crippen LogP contribution in [0.1, 0.15) is 35.1 Å². The fourth-order valence-corrected chi connectivity index (χ4v) is 3.84. The lowest BCUT2D eigenvalue weighted by Gasteiger charge is -2.32. The molecule has 8 nitrogen and oxygen atoms in total. The van der Waals surface area contributed by atoms with Gasteiger partial charge in [0.1, 0.15) is 4.90 Å². The van der Waals surface area contributed by atoms with Crippen molar-refractivity contribution >= 4 is 15.7 Å². The zero-order valence-electron chi connectivity index (χ0n) is 13.1. The Kier molecular flexibility index (Phi) is 3.97. The Bertz CT molecular complexity index is 823. The van der Waals surface area contributed by atoms with E-state index in [-0.39, 0.29) is 16.7 Å². The minimum absolute atomic E-state index is 0.0693. The molecule has 3 rings (SSSR count). The molecule has 0 aromatic carbocycles. The van der Waals surface area contributed by atoms with Gasteiger partial charge in [0.25, 0.3) is 5.91 Å². The van der Waals surface area contributed by atoms with Crippen LogP contribution in [0.3, 0.4) is 0 Å². The number of sulfone groups is 1. The van der Waals surface area contributed by atoms with Gasteiger partial charge in [0.15, 0.2) is 15.7 Å². The summed E-state index contributed by atoms with van der Waals surface area (Å²) < 4.78 is 25.4. The lowest BCUT2D eigenvalue weighted by Crippen LogP contribution is -2.40. The summed E-state index contributed by atoms with van der Waals surface area (Å²) in [5.41, 5.74) is 0.588. The van der Waals surface area contributed by atoms with E-state index in [0.717, 1.165) is 12.8 Å². The highest BCUT2D eigenvalue weighted by atomic mass is 32.2. The standard InChI is InChI=1S/C14H19N5O3S/c1-18-7-5-15-13(18)14(20)19-6-3-4-10(9-19)12-11(8-16-17-12)23(2,21)22/h5,7-8,10H,3-4,6,9H2,1-2H3,(H,16,17). The van der Waals surface area contributed by atoms with Gasteiger partial charge in [-0.15, -0.1) is 0 Å². The number of amides is 1. The molecule has 0 aliphatic carbocycles. The number of carbonyl (C=O) groups is 1. The van der Waals surface area contributed by atoms with E-state index in [0.29, 0.717) is 24.6 Å². The molecule has 23 heavy (non-hydrogen) atoms. The number of nitrogens with zero attached hydrogens (tertiary/aromatic N) is 4. The molecule has 1 N–H and O–H groups in total. The number of imidazole rings is 1. The van der Waals surface area contributed by atoms with Gasteiger partial charge in [0.2, 0.25) is 0 Å². The Morgan fingerprint density at radius 3 is 2.87 bits per heavy atom. The molecule has 0 radical (unpaired) electrons. The van der Waals surface area contributed by atoms with Crippen molar-refractivity contribution < 1.29 is 13.2 Å². The fraction of sp³-hybridized carbons (Fsp3) is 0.500. The molecule has 1 fully saturated rings. The molecule has 3 heterocycles. The number of carbonyl (C=O) groups excluding carboxylic acids is 1. The maximum absolute atomic E-state index is 12.6. The van der Waals surface area contributed by atoms with E-state index >= 15 is 0 Å². The van der Waals surface area contributed by atoms with E-state index < -0.39 is 9.84 Å². The van der Waals surface area contributed by atoms with Crippen LogP contribution in [-0.2, 0) is 16.9 Å². The predicted octanol–water partition coefficient (Wildman–Crippen LogP) is 0.567. The fourth-order valence-electron chi connectivity index (χ4n) is 2.98. The number of hydrogen-bond donors (Lipinski definition) is 1. The topological polar surface area (TPSA) is 101 Å². The van der Waals surface area contributed by atoms with Gasteiger partial charge in [-0.2, -0.15) is 5.10 Å². The highest BCUT2D eigenvalue weighted by molar-refractivity contribution is 7.90. The van der Waals surface area contributed by atoms with Crippen molar-refractivity contribution in [2.45, 2.75) is 23.7 Å². The molecule has 1 unspecified atom stereocenters. The number of aromatic nitrogens is 4. The van der Waals surface area contributed by atoms with E-state index in [9.17, 15) is 13.2 Å². The zero-order valence-corrected chi connectivity index (χ0v) is 13.9. The van der Waals surface area contributed by atoms with Crippen LogP contribution in [0.15, 0.2) is 23.5 Å². The summed E-state index contributed by atoms with van der Waals surface area (Å²) >= 11 is 0. The molecule has 2 aromatic rings. The summed E-state index contributed by atoms with van der Waals surface area (Å²) in [5.74, 6) is 0.182. The molecule has 1 atom stereocenters. The number of aryl methyl sites for hydroxylation is 1. The smallest absolute Gasteiger partial charge is 0.289 e. The van der Waals surface area contributed by atoms with Crippen molar-refractivity contribution in [1.29, 1.82) is 0 Å². The average molecular weight is 337 g/mol. The minimum Gasteiger partial charge on any atom is -0.335 e. The van der Waals surface area contributed by atoms with E-state index in [1.807, 2.05) is 0 Å². The molecular formula is C14H19N5O3S. The summed E-state index contributed by atoms with van der Waals surface area (Å²) in [6, 6.07) is 0.